The van der Waals surface area contributed by atoms with Gasteiger partial charge in [0, 0.05) is 19.1 Å². The number of nitrogens with one attached hydrogen (secondary N) is 1. The van der Waals surface area contributed by atoms with E-state index in [9.17, 15) is 4.79 Å². The van der Waals surface area contributed by atoms with Crippen LogP contribution >= 0.6 is 0 Å². The average molecular weight is 281 g/mol. The van der Waals surface area contributed by atoms with E-state index in [1.807, 2.05) is 0 Å². The second-order valence-electron chi connectivity index (χ2n) is 6.29. The molecule has 0 aliphatic carbocycles. The number of piperidine rings is 1. The van der Waals surface area contributed by atoms with Crippen LogP contribution in [0.4, 0.5) is 0 Å². The quantitative estimate of drug-likeness (QED) is 0.835. The minimum Gasteiger partial charge on any atom is -0.342 e. The Balaban J connectivity index is 1.63. The fourth-order valence-electron chi connectivity index (χ4n) is 3.34. The van der Waals surface area contributed by atoms with Gasteiger partial charge >= 0.3 is 0 Å². The molecule has 4 heteroatoms. The summed E-state index contributed by atoms with van der Waals surface area (Å²) in [6.07, 6.45) is 8.55. The van der Waals surface area contributed by atoms with Crippen LogP contribution in [0.3, 0.4) is 0 Å². The van der Waals surface area contributed by atoms with E-state index >= 15 is 0 Å². The van der Waals surface area contributed by atoms with Gasteiger partial charge in [-0.15, -0.1) is 0 Å². The summed E-state index contributed by atoms with van der Waals surface area (Å²) in [5, 5.41) is 3.48. The first-order valence-electron chi connectivity index (χ1n) is 8.53. The van der Waals surface area contributed by atoms with Crippen molar-refractivity contribution in [1.82, 2.24) is 15.1 Å². The Morgan fingerprint density at radius 1 is 1.05 bits per heavy atom. The molecule has 2 rings (SSSR count). The zero-order valence-electron chi connectivity index (χ0n) is 13.1. The minimum atomic E-state index is 0.308. The number of hydrogen-bond donors (Lipinski definition) is 1. The molecule has 0 spiro atoms. The Hall–Kier alpha value is -0.610. The van der Waals surface area contributed by atoms with Crippen LogP contribution in [0.25, 0.3) is 0 Å². The molecule has 2 saturated heterocycles. The first-order valence-corrected chi connectivity index (χ1v) is 8.53. The Morgan fingerprint density at radius 2 is 1.70 bits per heavy atom. The van der Waals surface area contributed by atoms with Crippen molar-refractivity contribution in [1.29, 1.82) is 0 Å². The van der Waals surface area contributed by atoms with Crippen LogP contribution in [0.2, 0.25) is 0 Å². The molecular weight excluding hydrogens is 250 g/mol. The van der Waals surface area contributed by atoms with Crippen LogP contribution < -0.4 is 5.32 Å². The van der Waals surface area contributed by atoms with Gasteiger partial charge in [-0.05, 0) is 51.7 Å². The third-order valence-corrected chi connectivity index (χ3v) is 4.63. The number of rotatable bonds is 5. The Labute approximate surface area is 123 Å². The molecule has 2 aliphatic heterocycles. The summed E-state index contributed by atoms with van der Waals surface area (Å²) in [7, 11) is 0. The van der Waals surface area contributed by atoms with E-state index in [1.165, 1.54) is 64.6 Å². The van der Waals surface area contributed by atoms with Crippen molar-refractivity contribution in [3.63, 3.8) is 0 Å². The van der Waals surface area contributed by atoms with Gasteiger partial charge in [0.2, 0.25) is 5.91 Å². The SMILES string of the molecule is CCCN1CCC(NCC(=O)N2CCCCCC2)CC1. The van der Waals surface area contributed by atoms with E-state index in [2.05, 4.69) is 22.0 Å². The topological polar surface area (TPSA) is 35.6 Å². The summed E-state index contributed by atoms with van der Waals surface area (Å²) in [6, 6.07) is 0.541. The predicted molar refractivity (Wildman–Crippen MR) is 82.8 cm³/mol. The molecule has 0 aromatic heterocycles. The second kappa shape index (κ2) is 8.63. The molecule has 2 fully saturated rings. The van der Waals surface area contributed by atoms with Crippen LogP contribution in [0.1, 0.15) is 51.9 Å². The minimum absolute atomic E-state index is 0.308. The predicted octanol–water partition coefficient (Wildman–Crippen LogP) is 1.85. The van der Waals surface area contributed by atoms with Gasteiger partial charge < -0.3 is 15.1 Å². The Kier molecular flexibility index (Phi) is 6.80. The number of likely N-dealkylation sites (tertiary alicyclic amines) is 2. The molecule has 20 heavy (non-hydrogen) atoms. The summed E-state index contributed by atoms with van der Waals surface area (Å²) in [5.74, 6) is 0.308. The normalized spacial score (nSPS) is 22.8. The highest BCUT2D eigenvalue weighted by molar-refractivity contribution is 5.78. The number of carbonyl (C=O) groups excluding carboxylic acids is 1. The lowest BCUT2D eigenvalue weighted by Gasteiger charge is -2.32. The molecule has 0 radical (unpaired) electrons. The molecule has 1 N–H and O–H groups in total. The number of carbonyl (C=O) groups is 1. The molecule has 0 atom stereocenters. The highest BCUT2D eigenvalue weighted by Gasteiger charge is 2.20. The van der Waals surface area contributed by atoms with E-state index in [1.54, 1.807) is 0 Å². The lowest BCUT2D eigenvalue weighted by molar-refractivity contribution is -0.130. The fraction of sp³-hybridized carbons (Fsp3) is 0.938. The Morgan fingerprint density at radius 3 is 2.30 bits per heavy atom. The highest BCUT2D eigenvalue weighted by Crippen LogP contribution is 2.12. The molecule has 0 unspecified atom stereocenters. The van der Waals surface area contributed by atoms with Gasteiger partial charge in [0.05, 0.1) is 6.54 Å². The van der Waals surface area contributed by atoms with Crippen molar-refractivity contribution >= 4 is 5.91 Å². The average Bonchev–Trinajstić information content (AvgIpc) is 2.76. The van der Waals surface area contributed by atoms with Crippen molar-refractivity contribution in [2.45, 2.75) is 57.9 Å². The summed E-state index contributed by atoms with van der Waals surface area (Å²) in [6.45, 7) is 8.31. The zero-order valence-corrected chi connectivity index (χ0v) is 13.1. The lowest BCUT2D eigenvalue weighted by Crippen LogP contribution is -2.46. The maximum Gasteiger partial charge on any atom is 0.236 e. The molecule has 1 amide bonds. The van der Waals surface area contributed by atoms with Crippen molar-refractivity contribution in [2.75, 3.05) is 39.3 Å². The van der Waals surface area contributed by atoms with Crippen molar-refractivity contribution < 1.29 is 4.79 Å². The van der Waals surface area contributed by atoms with Gasteiger partial charge in [0.15, 0.2) is 0 Å². The molecule has 2 heterocycles. The van der Waals surface area contributed by atoms with E-state index in [-0.39, 0.29) is 0 Å². The van der Waals surface area contributed by atoms with Crippen LogP contribution in [0.5, 0.6) is 0 Å². The third-order valence-electron chi connectivity index (χ3n) is 4.63. The van der Waals surface area contributed by atoms with Gasteiger partial charge in [-0.25, -0.2) is 0 Å². The largest absolute Gasteiger partial charge is 0.342 e. The number of nitrogens with zero attached hydrogens (tertiary/aromatic N) is 2. The molecule has 0 saturated carbocycles. The number of hydrogen-bond acceptors (Lipinski definition) is 3. The monoisotopic (exact) mass is 281 g/mol. The molecular formula is C16H31N3O. The first-order chi connectivity index (χ1) is 9.79. The maximum absolute atomic E-state index is 12.2. The summed E-state index contributed by atoms with van der Waals surface area (Å²) >= 11 is 0. The smallest absolute Gasteiger partial charge is 0.236 e. The van der Waals surface area contributed by atoms with E-state index in [0.717, 1.165) is 13.1 Å². The second-order valence-corrected chi connectivity index (χ2v) is 6.29. The molecule has 2 aliphatic rings. The zero-order chi connectivity index (χ0) is 14.2. The van der Waals surface area contributed by atoms with Crippen molar-refractivity contribution in [3.05, 3.63) is 0 Å². The van der Waals surface area contributed by atoms with Gasteiger partial charge in [-0.3, -0.25) is 4.79 Å². The summed E-state index contributed by atoms with van der Waals surface area (Å²) in [4.78, 5) is 16.8. The van der Waals surface area contributed by atoms with Crippen molar-refractivity contribution in [2.24, 2.45) is 0 Å². The molecule has 0 bridgehead atoms. The standard InChI is InChI=1S/C16H31N3O/c1-2-9-18-12-7-15(8-13-18)17-14-16(20)19-10-5-3-4-6-11-19/h15,17H,2-14H2,1H3. The van der Waals surface area contributed by atoms with E-state index in [4.69, 9.17) is 0 Å². The summed E-state index contributed by atoms with van der Waals surface area (Å²) in [5.41, 5.74) is 0. The van der Waals surface area contributed by atoms with Gasteiger partial charge in [-0.1, -0.05) is 19.8 Å². The fourth-order valence-corrected chi connectivity index (χ4v) is 3.34. The van der Waals surface area contributed by atoms with Crippen LogP contribution in [0.15, 0.2) is 0 Å². The third kappa shape index (κ3) is 5.06. The van der Waals surface area contributed by atoms with Crippen LogP contribution in [-0.4, -0.2) is 61.0 Å². The van der Waals surface area contributed by atoms with Gasteiger partial charge in [0.1, 0.15) is 0 Å². The van der Waals surface area contributed by atoms with Crippen LogP contribution in [-0.2, 0) is 4.79 Å². The summed E-state index contributed by atoms with van der Waals surface area (Å²) < 4.78 is 0. The van der Waals surface area contributed by atoms with Crippen molar-refractivity contribution in [3.8, 4) is 0 Å². The first kappa shape index (κ1) is 15.8. The van der Waals surface area contributed by atoms with Crippen LogP contribution in [0, 0.1) is 0 Å². The number of amides is 1. The van der Waals surface area contributed by atoms with Gasteiger partial charge in [0.25, 0.3) is 0 Å². The highest BCUT2D eigenvalue weighted by atomic mass is 16.2. The molecule has 116 valence electrons. The Bertz CT molecular complexity index is 279. The molecule has 0 aromatic carbocycles. The maximum atomic E-state index is 12.2. The molecule has 0 aromatic rings. The van der Waals surface area contributed by atoms with Gasteiger partial charge in [-0.2, -0.15) is 0 Å². The van der Waals surface area contributed by atoms with E-state index < -0.39 is 0 Å². The van der Waals surface area contributed by atoms with E-state index in [0.29, 0.717) is 18.5 Å². The lowest BCUT2D eigenvalue weighted by atomic mass is 10.0. The molecule has 4 nitrogen and oxygen atoms in total.